The summed E-state index contributed by atoms with van der Waals surface area (Å²) in [6, 6.07) is 0. The molecule has 5 heteroatoms. The Bertz CT molecular complexity index is 373. The Balaban J connectivity index is 1.50. The standard InChI is InChI=1S/C15H25N3O2/c1-16-13(19)8-17-9-14(20)18-15-5-10-2-11(6-15)4-12(3-10)7-15/h10-12,17H,2-9H2,1H3,(H,16,19)(H,18,20). The molecule has 0 aromatic heterocycles. The molecule has 4 bridgehead atoms. The zero-order valence-corrected chi connectivity index (χ0v) is 12.2. The van der Waals surface area contributed by atoms with Crippen LogP contribution in [0.4, 0.5) is 0 Å². The van der Waals surface area contributed by atoms with Crippen molar-refractivity contribution in [1.82, 2.24) is 16.0 Å². The second kappa shape index (κ2) is 5.35. The first kappa shape index (κ1) is 13.9. The van der Waals surface area contributed by atoms with Crippen molar-refractivity contribution in [3.8, 4) is 0 Å². The highest BCUT2D eigenvalue weighted by Gasteiger charge is 2.51. The summed E-state index contributed by atoms with van der Waals surface area (Å²) in [5.41, 5.74) is 0.0700. The fourth-order valence-electron chi connectivity index (χ4n) is 4.98. The number of nitrogens with one attached hydrogen (secondary N) is 3. The molecule has 4 aliphatic rings. The third-order valence-corrected chi connectivity index (χ3v) is 5.29. The monoisotopic (exact) mass is 279 g/mol. The molecule has 0 spiro atoms. The van der Waals surface area contributed by atoms with Crippen molar-refractivity contribution in [2.75, 3.05) is 20.1 Å². The van der Waals surface area contributed by atoms with E-state index < -0.39 is 0 Å². The molecule has 112 valence electrons. The van der Waals surface area contributed by atoms with Gasteiger partial charge in [-0.05, 0) is 56.3 Å². The lowest BCUT2D eigenvalue weighted by molar-refractivity contribution is -0.126. The molecule has 0 heterocycles. The van der Waals surface area contributed by atoms with E-state index in [9.17, 15) is 9.59 Å². The molecule has 4 fully saturated rings. The molecule has 0 saturated heterocycles. The van der Waals surface area contributed by atoms with Crippen LogP contribution in [0.3, 0.4) is 0 Å². The smallest absolute Gasteiger partial charge is 0.234 e. The average Bonchev–Trinajstić information content (AvgIpc) is 2.36. The van der Waals surface area contributed by atoms with Crippen molar-refractivity contribution in [1.29, 1.82) is 0 Å². The van der Waals surface area contributed by atoms with Gasteiger partial charge < -0.3 is 10.6 Å². The molecule has 0 atom stereocenters. The molecule has 2 amide bonds. The second-order valence-corrected chi connectivity index (χ2v) is 7.02. The lowest BCUT2D eigenvalue weighted by Gasteiger charge is -2.56. The van der Waals surface area contributed by atoms with Crippen LogP contribution in [0.25, 0.3) is 0 Å². The average molecular weight is 279 g/mol. The summed E-state index contributed by atoms with van der Waals surface area (Å²) in [6.45, 7) is 0.431. The fraction of sp³-hybridized carbons (Fsp3) is 0.867. The van der Waals surface area contributed by atoms with Crippen LogP contribution >= 0.6 is 0 Å². The van der Waals surface area contributed by atoms with E-state index in [2.05, 4.69) is 16.0 Å². The van der Waals surface area contributed by atoms with Gasteiger partial charge in [0.1, 0.15) is 0 Å². The van der Waals surface area contributed by atoms with E-state index in [1.54, 1.807) is 7.05 Å². The Morgan fingerprint density at radius 2 is 1.45 bits per heavy atom. The summed E-state index contributed by atoms with van der Waals surface area (Å²) in [6.07, 6.45) is 7.64. The van der Waals surface area contributed by atoms with Gasteiger partial charge in [0.15, 0.2) is 0 Å². The Kier molecular flexibility index (Phi) is 3.71. The summed E-state index contributed by atoms with van der Waals surface area (Å²) in [5.74, 6) is 2.45. The molecule has 0 radical (unpaired) electrons. The summed E-state index contributed by atoms with van der Waals surface area (Å²) in [4.78, 5) is 23.2. The van der Waals surface area contributed by atoms with Crippen LogP contribution in [-0.4, -0.2) is 37.5 Å². The fourth-order valence-corrected chi connectivity index (χ4v) is 4.98. The molecular weight excluding hydrogens is 254 g/mol. The summed E-state index contributed by atoms with van der Waals surface area (Å²) in [7, 11) is 1.60. The van der Waals surface area contributed by atoms with Crippen LogP contribution < -0.4 is 16.0 Å². The van der Waals surface area contributed by atoms with Gasteiger partial charge in [-0.1, -0.05) is 0 Å². The molecule has 20 heavy (non-hydrogen) atoms. The second-order valence-electron chi connectivity index (χ2n) is 7.02. The first-order chi connectivity index (χ1) is 9.58. The van der Waals surface area contributed by atoms with Gasteiger partial charge in [-0.25, -0.2) is 0 Å². The summed E-state index contributed by atoms with van der Waals surface area (Å²) < 4.78 is 0. The van der Waals surface area contributed by atoms with Crippen LogP contribution in [-0.2, 0) is 9.59 Å². The number of carbonyl (C=O) groups is 2. The lowest BCUT2D eigenvalue weighted by Crippen LogP contribution is -2.60. The normalized spacial score (nSPS) is 37.8. The van der Waals surface area contributed by atoms with Gasteiger partial charge >= 0.3 is 0 Å². The zero-order valence-electron chi connectivity index (χ0n) is 12.2. The third-order valence-electron chi connectivity index (χ3n) is 5.29. The van der Waals surface area contributed by atoms with Gasteiger partial charge in [-0.15, -0.1) is 0 Å². The van der Waals surface area contributed by atoms with Crippen molar-refractivity contribution >= 4 is 11.8 Å². The van der Waals surface area contributed by atoms with Crippen molar-refractivity contribution in [2.45, 2.75) is 44.1 Å². The van der Waals surface area contributed by atoms with Gasteiger partial charge in [0.25, 0.3) is 0 Å². The van der Waals surface area contributed by atoms with E-state index >= 15 is 0 Å². The van der Waals surface area contributed by atoms with E-state index in [4.69, 9.17) is 0 Å². The predicted molar refractivity (Wildman–Crippen MR) is 76.0 cm³/mol. The molecule has 0 aromatic carbocycles. The zero-order chi connectivity index (χ0) is 14.2. The molecule has 0 unspecified atom stereocenters. The minimum absolute atomic E-state index is 0.0378. The minimum Gasteiger partial charge on any atom is -0.358 e. The highest BCUT2D eigenvalue weighted by molar-refractivity contribution is 5.81. The van der Waals surface area contributed by atoms with Crippen molar-refractivity contribution in [3.63, 3.8) is 0 Å². The van der Waals surface area contributed by atoms with Gasteiger partial charge in [0.05, 0.1) is 13.1 Å². The van der Waals surface area contributed by atoms with Gasteiger partial charge in [-0.2, -0.15) is 0 Å². The van der Waals surface area contributed by atoms with Crippen LogP contribution in [0.1, 0.15) is 38.5 Å². The largest absolute Gasteiger partial charge is 0.358 e. The number of rotatable bonds is 5. The maximum Gasteiger partial charge on any atom is 0.234 e. The molecule has 4 aliphatic carbocycles. The minimum atomic E-state index is -0.0902. The third kappa shape index (κ3) is 2.82. The van der Waals surface area contributed by atoms with E-state index in [0.717, 1.165) is 17.8 Å². The van der Waals surface area contributed by atoms with Gasteiger partial charge in [0, 0.05) is 12.6 Å². The Morgan fingerprint density at radius 1 is 0.950 bits per heavy atom. The van der Waals surface area contributed by atoms with Crippen LogP contribution in [0.5, 0.6) is 0 Å². The summed E-state index contributed by atoms with van der Waals surface area (Å²) in [5, 5.41) is 8.71. The topological polar surface area (TPSA) is 70.2 Å². The molecule has 5 nitrogen and oxygen atoms in total. The maximum atomic E-state index is 12.1. The van der Waals surface area contributed by atoms with Crippen LogP contribution in [0.2, 0.25) is 0 Å². The molecule has 3 N–H and O–H groups in total. The molecule has 4 rings (SSSR count). The van der Waals surface area contributed by atoms with Crippen molar-refractivity contribution in [3.05, 3.63) is 0 Å². The number of likely N-dealkylation sites (N-methyl/N-ethyl adjacent to an activating group) is 1. The quantitative estimate of drug-likeness (QED) is 0.682. The highest BCUT2D eigenvalue weighted by atomic mass is 16.2. The van der Waals surface area contributed by atoms with Crippen LogP contribution in [0.15, 0.2) is 0 Å². The number of amides is 2. The van der Waals surface area contributed by atoms with Crippen LogP contribution in [0, 0.1) is 17.8 Å². The Morgan fingerprint density at radius 3 is 1.95 bits per heavy atom. The van der Waals surface area contributed by atoms with E-state index in [0.29, 0.717) is 0 Å². The van der Waals surface area contributed by atoms with Gasteiger partial charge in [0.2, 0.25) is 11.8 Å². The lowest BCUT2D eigenvalue weighted by atomic mass is 9.53. The highest BCUT2D eigenvalue weighted by Crippen LogP contribution is 2.55. The molecule has 0 aromatic rings. The maximum absolute atomic E-state index is 12.1. The van der Waals surface area contributed by atoms with Crippen molar-refractivity contribution in [2.24, 2.45) is 17.8 Å². The van der Waals surface area contributed by atoms with Crippen molar-refractivity contribution < 1.29 is 9.59 Å². The molecule has 4 saturated carbocycles. The summed E-state index contributed by atoms with van der Waals surface area (Å²) >= 11 is 0. The predicted octanol–water partition coefficient (Wildman–Crippen LogP) is 0.407. The number of hydrogen-bond donors (Lipinski definition) is 3. The number of hydrogen-bond acceptors (Lipinski definition) is 3. The SMILES string of the molecule is CNC(=O)CNCC(=O)NC12CC3CC(CC(C3)C1)C2. The first-order valence-corrected chi connectivity index (χ1v) is 7.81. The molecular formula is C15H25N3O2. The number of carbonyl (C=O) groups excluding carboxylic acids is 2. The first-order valence-electron chi connectivity index (χ1n) is 7.81. The molecule has 0 aliphatic heterocycles. The Labute approximate surface area is 120 Å². The van der Waals surface area contributed by atoms with E-state index in [1.807, 2.05) is 0 Å². The Hall–Kier alpha value is -1.10. The van der Waals surface area contributed by atoms with E-state index in [-0.39, 0.29) is 30.4 Å². The van der Waals surface area contributed by atoms with E-state index in [1.165, 1.54) is 38.5 Å². The van der Waals surface area contributed by atoms with Gasteiger partial charge in [-0.3, -0.25) is 14.9 Å².